The summed E-state index contributed by atoms with van der Waals surface area (Å²) in [4.78, 5) is 24.9. The summed E-state index contributed by atoms with van der Waals surface area (Å²) in [7, 11) is -3.96. The van der Waals surface area contributed by atoms with Gasteiger partial charge in [-0.05, 0) is 26.2 Å². The summed E-state index contributed by atoms with van der Waals surface area (Å²) in [5, 5.41) is 9.59. The maximum atomic E-state index is 12.3. The Morgan fingerprint density at radius 3 is 2.48 bits per heavy atom. The average molecular weight is 361 g/mol. The summed E-state index contributed by atoms with van der Waals surface area (Å²) >= 11 is 0.728. The third-order valence-corrected chi connectivity index (χ3v) is 6.04. The first-order valence-electron chi connectivity index (χ1n) is 7.22. The summed E-state index contributed by atoms with van der Waals surface area (Å²) in [5.41, 5.74) is 0. The molecule has 0 saturated carbocycles. The van der Waals surface area contributed by atoms with Gasteiger partial charge < -0.3 is 10.2 Å². The number of carbonyl (C=O) groups excluding carboxylic acids is 2. The van der Waals surface area contributed by atoms with Gasteiger partial charge in [0.05, 0.1) is 6.04 Å². The Labute approximate surface area is 138 Å². The number of nitrogens with one attached hydrogen (secondary N) is 2. The molecule has 1 aromatic rings. The number of nitrogens with zero attached hydrogens (tertiary/aromatic N) is 3. The smallest absolute Gasteiger partial charge is 0.270 e. The van der Waals surface area contributed by atoms with Crippen LogP contribution in [0.25, 0.3) is 0 Å². The number of sulfonamides is 1. The number of piperidine rings is 1. The second kappa shape index (κ2) is 7.32. The number of carbonyl (C=O) groups is 2. The lowest BCUT2D eigenvalue weighted by molar-refractivity contribution is -0.133. The van der Waals surface area contributed by atoms with Gasteiger partial charge in [0, 0.05) is 20.0 Å². The molecule has 1 aliphatic rings. The van der Waals surface area contributed by atoms with E-state index in [0.29, 0.717) is 13.1 Å². The van der Waals surface area contributed by atoms with E-state index in [1.54, 1.807) is 4.90 Å². The monoisotopic (exact) mass is 361 g/mol. The SMILES string of the molecule is CC(=O)Nc1nnc(S(=O)(=O)N[C@@H](C)C(=O)N2CCCCC2)s1. The van der Waals surface area contributed by atoms with Crippen molar-refractivity contribution in [3.63, 3.8) is 0 Å². The van der Waals surface area contributed by atoms with Gasteiger partial charge >= 0.3 is 0 Å². The molecule has 1 aliphatic heterocycles. The van der Waals surface area contributed by atoms with Crippen LogP contribution in [0.15, 0.2) is 4.34 Å². The minimum atomic E-state index is -3.96. The lowest BCUT2D eigenvalue weighted by Gasteiger charge is -2.29. The third kappa shape index (κ3) is 4.69. The Morgan fingerprint density at radius 1 is 1.22 bits per heavy atom. The van der Waals surface area contributed by atoms with Crippen LogP contribution in [0, 0.1) is 0 Å². The molecule has 1 atom stereocenters. The quantitative estimate of drug-likeness (QED) is 0.721. The molecule has 0 aliphatic carbocycles. The number of hydrogen-bond donors (Lipinski definition) is 2. The average Bonchev–Trinajstić information content (AvgIpc) is 2.95. The molecule has 1 aromatic heterocycles. The van der Waals surface area contributed by atoms with Crippen molar-refractivity contribution in [3.05, 3.63) is 0 Å². The topological polar surface area (TPSA) is 121 Å². The molecule has 9 nitrogen and oxygen atoms in total. The number of rotatable bonds is 5. The molecule has 2 N–H and O–H groups in total. The van der Waals surface area contributed by atoms with Crippen LogP contribution in [0.3, 0.4) is 0 Å². The highest BCUT2D eigenvalue weighted by Crippen LogP contribution is 2.20. The molecule has 2 rings (SSSR count). The Balaban J connectivity index is 2.03. The van der Waals surface area contributed by atoms with E-state index in [2.05, 4.69) is 20.2 Å². The van der Waals surface area contributed by atoms with Crippen molar-refractivity contribution in [1.82, 2.24) is 19.8 Å². The molecule has 1 saturated heterocycles. The largest absolute Gasteiger partial charge is 0.341 e. The maximum absolute atomic E-state index is 12.3. The zero-order chi connectivity index (χ0) is 17.0. The molecular weight excluding hydrogens is 342 g/mol. The number of aromatic nitrogens is 2. The fourth-order valence-corrected chi connectivity index (χ4v) is 4.40. The predicted octanol–water partition coefficient (Wildman–Crippen LogP) is 0.176. The van der Waals surface area contributed by atoms with Gasteiger partial charge in [-0.1, -0.05) is 11.3 Å². The Kier molecular flexibility index (Phi) is 5.65. The van der Waals surface area contributed by atoms with Crippen LogP contribution in [0.4, 0.5) is 5.13 Å². The molecule has 11 heteroatoms. The maximum Gasteiger partial charge on any atom is 0.270 e. The molecule has 1 fully saturated rings. The lowest BCUT2D eigenvalue weighted by Crippen LogP contribution is -2.48. The molecule has 128 valence electrons. The highest BCUT2D eigenvalue weighted by atomic mass is 32.2. The highest BCUT2D eigenvalue weighted by molar-refractivity contribution is 7.91. The van der Waals surface area contributed by atoms with Gasteiger partial charge in [-0.2, -0.15) is 4.72 Å². The molecule has 0 unspecified atom stereocenters. The van der Waals surface area contributed by atoms with Crippen LogP contribution in [-0.4, -0.2) is 54.5 Å². The minimum absolute atomic E-state index is 0.0906. The van der Waals surface area contributed by atoms with Crippen LogP contribution >= 0.6 is 11.3 Å². The van der Waals surface area contributed by atoms with Crippen molar-refractivity contribution in [2.45, 2.75) is 43.5 Å². The van der Waals surface area contributed by atoms with Gasteiger partial charge in [0.25, 0.3) is 10.0 Å². The lowest BCUT2D eigenvalue weighted by atomic mass is 10.1. The highest BCUT2D eigenvalue weighted by Gasteiger charge is 2.28. The first-order valence-corrected chi connectivity index (χ1v) is 9.52. The van der Waals surface area contributed by atoms with E-state index in [0.717, 1.165) is 30.6 Å². The van der Waals surface area contributed by atoms with Gasteiger partial charge in [0.15, 0.2) is 0 Å². The van der Waals surface area contributed by atoms with Crippen LogP contribution in [0.5, 0.6) is 0 Å². The van der Waals surface area contributed by atoms with E-state index < -0.39 is 16.1 Å². The molecule has 0 spiro atoms. The van der Waals surface area contributed by atoms with Crippen molar-refractivity contribution in [3.8, 4) is 0 Å². The van der Waals surface area contributed by atoms with Gasteiger partial charge in [-0.15, -0.1) is 10.2 Å². The van der Waals surface area contributed by atoms with E-state index in [9.17, 15) is 18.0 Å². The summed E-state index contributed by atoms with van der Waals surface area (Å²) in [6.07, 6.45) is 2.95. The van der Waals surface area contributed by atoms with Gasteiger partial charge in [-0.25, -0.2) is 8.42 Å². The molecule has 2 amide bonds. The molecular formula is C12H19N5O4S2. The van der Waals surface area contributed by atoms with E-state index >= 15 is 0 Å². The third-order valence-electron chi connectivity index (χ3n) is 3.29. The predicted molar refractivity (Wildman–Crippen MR) is 84.4 cm³/mol. The molecule has 23 heavy (non-hydrogen) atoms. The molecule has 0 radical (unpaired) electrons. The Hall–Kier alpha value is -1.59. The second-order valence-electron chi connectivity index (χ2n) is 5.28. The normalized spacial score (nSPS) is 16.9. The van der Waals surface area contributed by atoms with Crippen LogP contribution in [-0.2, 0) is 19.6 Å². The van der Waals surface area contributed by atoms with Crippen molar-refractivity contribution in [2.24, 2.45) is 0 Å². The number of hydrogen-bond acceptors (Lipinski definition) is 7. The van der Waals surface area contributed by atoms with Crippen LogP contribution in [0.1, 0.15) is 33.1 Å². The first kappa shape index (κ1) is 17.8. The van der Waals surface area contributed by atoms with Crippen molar-refractivity contribution in [1.29, 1.82) is 0 Å². The summed E-state index contributed by atoms with van der Waals surface area (Å²) in [5.74, 6) is -0.619. The van der Waals surface area contributed by atoms with Crippen LogP contribution < -0.4 is 10.0 Å². The van der Waals surface area contributed by atoms with Crippen molar-refractivity contribution < 1.29 is 18.0 Å². The van der Waals surface area contributed by atoms with Crippen molar-refractivity contribution in [2.75, 3.05) is 18.4 Å². The second-order valence-corrected chi connectivity index (χ2v) is 8.15. The Morgan fingerprint density at radius 2 is 1.87 bits per heavy atom. The summed E-state index contributed by atoms with van der Waals surface area (Å²) < 4.78 is 26.5. The van der Waals surface area contributed by atoms with Gasteiger partial charge in [0.2, 0.25) is 21.3 Å². The van der Waals surface area contributed by atoms with E-state index in [1.807, 2.05) is 0 Å². The number of anilines is 1. The van der Waals surface area contributed by atoms with E-state index in [4.69, 9.17) is 0 Å². The standard InChI is InChI=1S/C12H19N5O4S2/c1-8(10(19)17-6-4-3-5-7-17)16-23(20,21)12-15-14-11(22-12)13-9(2)18/h8,16H,3-7H2,1-2H3,(H,13,14,18)/t8-/m0/s1. The summed E-state index contributed by atoms with van der Waals surface area (Å²) in [6.45, 7) is 4.09. The zero-order valence-electron chi connectivity index (χ0n) is 12.9. The molecule has 0 bridgehead atoms. The van der Waals surface area contributed by atoms with E-state index in [-0.39, 0.29) is 21.3 Å². The van der Waals surface area contributed by atoms with Gasteiger partial charge in [-0.3, -0.25) is 9.59 Å². The fraction of sp³-hybridized carbons (Fsp3) is 0.667. The number of likely N-dealkylation sites (tertiary alicyclic amines) is 1. The summed E-state index contributed by atoms with van der Waals surface area (Å²) in [6, 6.07) is -0.883. The first-order chi connectivity index (χ1) is 10.8. The number of amides is 2. The van der Waals surface area contributed by atoms with E-state index in [1.165, 1.54) is 13.8 Å². The van der Waals surface area contributed by atoms with Gasteiger partial charge in [0.1, 0.15) is 0 Å². The molecule has 2 heterocycles. The molecule has 0 aromatic carbocycles. The Bertz CT molecular complexity index is 681. The van der Waals surface area contributed by atoms with Crippen LogP contribution in [0.2, 0.25) is 0 Å². The minimum Gasteiger partial charge on any atom is -0.341 e. The zero-order valence-corrected chi connectivity index (χ0v) is 14.5. The fourth-order valence-electron chi connectivity index (χ4n) is 2.24. The van der Waals surface area contributed by atoms with Crippen molar-refractivity contribution >= 4 is 38.3 Å².